The maximum Gasteiger partial charge on any atom is 0.165 e. The third-order valence-electron chi connectivity index (χ3n) is 9.03. The Kier molecular flexibility index (Phi) is 11.2. The maximum absolute atomic E-state index is 12.6. The molecule has 2 aromatic carbocycles. The van der Waals surface area contributed by atoms with E-state index in [4.69, 9.17) is 16.2 Å². The number of aryl methyl sites for hydroxylation is 1. The van der Waals surface area contributed by atoms with E-state index in [9.17, 15) is 15.0 Å². The number of carbonyl (C=O) groups is 1. The Balaban J connectivity index is 1.08. The number of hydrogen-bond acceptors (Lipinski definition) is 6. The second kappa shape index (κ2) is 15.4. The molecule has 0 radical (unpaired) electrons. The number of phenolic OH excluding ortho intramolecular Hbond substituents is 1. The lowest BCUT2D eigenvalue weighted by Gasteiger charge is -2.21. The van der Waals surface area contributed by atoms with Crippen molar-refractivity contribution in [3.05, 3.63) is 83.3 Å². The predicted molar refractivity (Wildman–Crippen MR) is 174 cm³/mol. The second-order valence-electron chi connectivity index (χ2n) is 12.6. The molecule has 7 N–H and O–H groups in total. The number of ether oxygens (including phenoxy) is 1. The van der Waals surface area contributed by atoms with Gasteiger partial charge in [0.2, 0.25) is 0 Å². The molecule has 1 saturated carbocycles. The van der Waals surface area contributed by atoms with Gasteiger partial charge in [-0.3, -0.25) is 4.79 Å². The predicted octanol–water partition coefficient (Wildman–Crippen LogP) is 6.61. The summed E-state index contributed by atoms with van der Waals surface area (Å²) in [6.45, 7) is 0.225. The number of fused-ring (bicyclic) bond motifs is 1. The highest BCUT2D eigenvalue weighted by Crippen LogP contribution is 2.30. The van der Waals surface area contributed by atoms with Crippen LogP contribution in [0.4, 0.5) is 0 Å². The Bertz CT molecular complexity index is 1500. The van der Waals surface area contributed by atoms with Crippen LogP contribution in [0.15, 0.2) is 61.1 Å². The van der Waals surface area contributed by atoms with Gasteiger partial charge in [-0.1, -0.05) is 81.7 Å². The van der Waals surface area contributed by atoms with Gasteiger partial charge >= 0.3 is 0 Å². The Morgan fingerprint density at radius 1 is 1.05 bits per heavy atom. The fourth-order valence-electron chi connectivity index (χ4n) is 6.49. The lowest BCUT2D eigenvalue weighted by atomic mass is 9.85. The van der Waals surface area contributed by atoms with Crippen LogP contribution in [0.2, 0.25) is 0 Å². The lowest BCUT2D eigenvalue weighted by molar-refractivity contribution is -0.121. The molecule has 1 fully saturated rings. The summed E-state index contributed by atoms with van der Waals surface area (Å²) in [6.07, 6.45) is 17.7. The van der Waals surface area contributed by atoms with Crippen molar-refractivity contribution in [3.8, 4) is 11.5 Å². The van der Waals surface area contributed by atoms with Gasteiger partial charge in [0.25, 0.3) is 0 Å². The summed E-state index contributed by atoms with van der Waals surface area (Å²) in [5.74, 6) is 1.36. The molecule has 2 heterocycles. The monoisotopic (exact) mass is 600 g/mol. The number of aromatic hydroxyl groups is 1. The second-order valence-corrected chi connectivity index (χ2v) is 12.6. The maximum atomic E-state index is 12.6. The van der Waals surface area contributed by atoms with Crippen LogP contribution < -0.4 is 16.2 Å². The van der Waals surface area contributed by atoms with E-state index in [1.807, 2.05) is 47.4 Å². The molecule has 1 aliphatic carbocycles. The number of H-pyrrole nitrogens is 1. The summed E-state index contributed by atoms with van der Waals surface area (Å²) in [7, 11) is 0. The first-order valence-corrected chi connectivity index (χ1v) is 16.2. The third kappa shape index (κ3) is 8.97. The Hall–Kier alpha value is -3.59. The van der Waals surface area contributed by atoms with Gasteiger partial charge in [-0.05, 0) is 59.6 Å². The van der Waals surface area contributed by atoms with E-state index in [1.54, 1.807) is 12.1 Å². The fourth-order valence-corrected chi connectivity index (χ4v) is 6.49. The van der Waals surface area contributed by atoms with Gasteiger partial charge in [-0.25, -0.2) is 0 Å². The number of nitrogens with one attached hydrogen (secondary N) is 1. The summed E-state index contributed by atoms with van der Waals surface area (Å²) in [5, 5.41) is 21.9. The zero-order valence-electron chi connectivity index (χ0n) is 25.7. The lowest BCUT2D eigenvalue weighted by Crippen LogP contribution is -2.20. The van der Waals surface area contributed by atoms with Crippen molar-refractivity contribution < 1.29 is 19.7 Å². The topological polar surface area (TPSA) is 140 Å². The number of unbranched alkanes of at least 4 members (excludes halogenated alkanes) is 1. The summed E-state index contributed by atoms with van der Waals surface area (Å²) in [6, 6.07) is 13.2. The van der Waals surface area contributed by atoms with Crippen LogP contribution in [0.25, 0.3) is 10.9 Å². The van der Waals surface area contributed by atoms with E-state index in [2.05, 4.69) is 11.1 Å². The zero-order chi connectivity index (χ0) is 30.9. The Morgan fingerprint density at radius 3 is 2.70 bits per heavy atom. The minimum atomic E-state index is -0.560. The number of carbonyl (C=O) groups excluding carboxylic acids is 1. The van der Waals surface area contributed by atoms with Crippen molar-refractivity contribution >= 4 is 16.7 Å². The first-order valence-electron chi connectivity index (χ1n) is 16.2. The van der Waals surface area contributed by atoms with Gasteiger partial charge in [0.1, 0.15) is 5.78 Å². The van der Waals surface area contributed by atoms with E-state index < -0.39 is 12.3 Å². The van der Waals surface area contributed by atoms with Gasteiger partial charge in [0, 0.05) is 36.8 Å². The van der Waals surface area contributed by atoms with Crippen molar-refractivity contribution in [1.82, 2.24) is 9.55 Å². The van der Waals surface area contributed by atoms with Crippen LogP contribution in [-0.4, -0.2) is 31.7 Å². The minimum Gasteiger partial charge on any atom is -0.504 e. The van der Waals surface area contributed by atoms with Gasteiger partial charge in [-0.2, -0.15) is 0 Å². The summed E-state index contributed by atoms with van der Waals surface area (Å²) in [4.78, 5) is 15.9. The molecule has 1 unspecified atom stereocenters. The number of rotatable bonds is 16. The number of Topliss-reactive ketones (excluding diaryl/α,β-unsaturated/α-hetero) is 1. The fraction of sp³-hybridized carbons (Fsp3) is 0.472. The molecule has 1 atom stereocenters. The number of ketones is 1. The highest BCUT2D eigenvalue weighted by Gasteiger charge is 2.15. The van der Waals surface area contributed by atoms with Crippen LogP contribution in [0.5, 0.6) is 11.5 Å². The number of hydrogen-bond donors (Lipinski definition) is 5. The molecule has 2 aromatic heterocycles. The average Bonchev–Trinajstić information content (AvgIpc) is 3.60. The number of benzene rings is 2. The molecule has 0 spiro atoms. The van der Waals surface area contributed by atoms with Crippen LogP contribution in [-0.2, 0) is 24.4 Å². The molecule has 4 aromatic rings. The third-order valence-corrected chi connectivity index (χ3v) is 9.03. The number of nitrogens with two attached hydrogens (primary N) is 2. The van der Waals surface area contributed by atoms with Crippen molar-refractivity contribution in [2.24, 2.45) is 17.4 Å². The van der Waals surface area contributed by atoms with E-state index in [0.717, 1.165) is 58.3 Å². The highest BCUT2D eigenvalue weighted by atomic mass is 16.5. The van der Waals surface area contributed by atoms with Gasteiger partial charge in [0.05, 0.1) is 17.8 Å². The van der Waals surface area contributed by atoms with Crippen LogP contribution >= 0.6 is 0 Å². The molecule has 44 heavy (non-hydrogen) atoms. The molecule has 8 heteroatoms. The van der Waals surface area contributed by atoms with Gasteiger partial charge < -0.3 is 36.0 Å². The number of phenols is 1. The molecule has 0 bridgehead atoms. The molecule has 1 aliphatic rings. The number of aromatic amines is 1. The molecule has 236 valence electrons. The van der Waals surface area contributed by atoms with Crippen molar-refractivity contribution in [2.75, 3.05) is 0 Å². The largest absolute Gasteiger partial charge is 0.504 e. The molecular formula is C36H48N4O4. The SMILES string of the molecule is NC(N)c1cccc(Cc2c[nH]c3cn(COc4cc(CCC(=O)CC(O)CCCCC5CCCCC5)ccc4O)cc23)c1. The standard InChI is InChI=1S/C36H48N4O4/c37-36(38)28-11-6-10-27(17-28)18-29-21-39-33-23-40(22-32(29)33)24-44-35-19-26(14-16-34(35)43)13-15-31(42)20-30(41)12-5-4-9-25-7-2-1-3-8-25/h6,10-11,14,16-17,19,21-23,25,30,36,39,41,43H,1-5,7-9,12-13,15,18,20,24,37-38H2. The van der Waals surface area contributed by atoms with Gasteiger partial charge in [-0.15, -0.1) is 0 Å². The van der Waals surface area contributed by atoms with Gasteiger partial charge in [0.15, 0.2) is 18.2 Å². The Labute approximate surface area is 260 Å². The molecule has 0 amide bonds. The number of aromatic nitrogens is 2. The van der Waals surface area contributed by atoms with E-state index >= 15 is 0 Å². The first-order chi connectivity index (χ1) is 21.3. The number of aliphatic hydroxyl groups excluding tert-OH is 1. The summed E-state index contributed by atoms with van der Waals surface area (Å²) < 4.78 is 7.91. The number of nitrogens with zero attached hydrogens (tertiary/aromatic N) is 1. The van der Waals surface area contributed by atoms with Crippen molar-refractivity contribution in [1.29, 1.82) is 0 Å². The summed E-state index contributed by atoms with van der Waals surface area (Å²) in [5.41, 5.74) is 16.8. The molecular weight excluding hydrogens is 552 g/mol. The molecule has 0 aliphatic heterocycles. The van der Waals surface area contributed by atoms with Crippen LogP contribution in [0, 0.1) is 5.92 Å². The first kappa shape index (κ1) is 31.8. The van der Waals surface area contributed by atoms with E-state index in [0.29, 0.717) is 25.0 Å². The molecule has 0 saturated heterocycles. The Morgan fingerprint density at radius 2 is 1.89 bits per heavy atom. The molecule has 8 nitrogen and oxygen atoms in total. The summed E-state index contributed by atoms with van der Waals surface area (Å²) >= 11 is 0. The van der Waals surface area contributed by atoms with Crippen molar-refractivity contribution in [2.45, 2.75) is 102 Å². The quantitative estimate of drug-likeness (QED) is 0.0724. The molecule has 5 rings (SSSR count). The van der Waals surface area contributed by atoms with Crippen LogP contribution in [0.3, 0.4) is 0 Å². The highest BCUT2D eigenvalue weighted by molar-refractivity contribution is 5.83. The minimum absolute atomic E-state index is 0.0557. The average molecular weight is 601 g/mol. The smallest absolute Gasteiger partial charge is 0.165 e. The zero-order valence-corrected chi connectivity index (χ0v) is 25.7. The van der Waals surface area contributed by atoms with Crippen LogP contribution in [0.1, 0.15) is 99.0 Å². The van der Waals surface area contributed by atoms with Crippen molar-refractivity contribution in [3.63, 3.8) is 0 Å². The van der Waals surface area contributed by atoms with E-state index in [1.165, 1.54) is 38.5 Å². The normalized spacial score (nSPS) is 14.8. The van der Waals surface area contributed by atoms with E-state index in [-0.39, 0.29) is 24.7 Å². The number of aliphatic hydroxyl groups is 1.